The van der Waals surface area contributed by atoms with Crippen LogP contribution in [-0.4, -0.2) is 11.5 Å². The number of halogens is 2. The lowest BCUT2D eigenvalue weighted by molar-refractivity contribution is -0.905. The van der Waals surface area contributed by atoms with Crippen LogP contribution in [0.2, 0.25) is 0 Å². The van der Waals surface area contributed by atoms with Gasteiger partial charge in [0.25, 0.3) is 0 Å². The number of carbonyl (C=O) groups excluding carboxylic acids is 1. The van der Waals surface area contributed by atoms with Crippen molar-refractivity contribution >= 4 is 22.2 Å². The van der Waals surface area contributed by atoms with Gasteiger partial charge in [-0.15, -0.1) is 0 Å². The fourth-order valence-corrected chi connectivity index (χ4v) is 1.81. The molecule has 0 saturated heterocycles. The third kappa shape index (κ3) is 3.00. The molecule has 0 atom stereocenters. The summed E-state index contributed by atoms with van der Waals surface area (Å²) >= 11 is 3.18. The second-order valence-corrected chi connectivity index (χ2v) is 4.39. The number of benzene rings is 1. The summed E-state index contributed by atoms with van der Waals surface area (Å²) in [5, 5.41) is 9.19. The van der Waals surface area contributed by atoms with Crippen LogP contribution < -0.4 is 14.4 Å². The van der Waals surface area contributed by atoms with Gasteiger partial charge in [-0.2, -0.15) is 0 Å². The first-order valence-corrected chi connectivity index (χ1v) is 5.89. The SMILES string of the molecule is O=Cc1ccc(OF)c(Oc2cc[n+](O)cc2Br)c1. The zero-order valence-electron chi connectivity index (χ0n) is 9.42. The normalized spacial score (nSPS) is 10.0. The van der Waals surface area contributed by atoms with Crippen molar-refractivity contribution in [1.82, 2.24) is 0 Å². The molecule has 1 aromatic heterocycles. The number of pyridine rings is 1. The maximum absolute atomic E-state index is 12.4. The van der Waals surface area contributed by atoms with Crippen LogP contribution in [-0.2, 0) is 0 Å². The van der Waals surface area contributed by atoms with Gasteiger partial charge in [-0.1, -0.05) is 0 Å². The molecule has 7 heteroatoms. The van der Waals surface area contributed by atoms with Crippen LogP contribution in [0, 0.1) is 0 Å². The Balaban J connectivity index is 2.38. The molecular weight excluding hydrogens is 321 g/mol. The molecule has 0 amide bonds. The van der Waals surface area contributed by atoms with E-state index < -0.39 is 0 Å². The minimum atomic E-state index is -0.154. The van der Waals surface area contributed by atoms with Gasteiger partial charge >= 0.3 is 0 Å². The molecule has 0 radical (unpaired) electrons. The molecule has 1 aromatic carbocycles. The van der Waals surface area contributed by atoms with E-state index in [1.165, 1.54) is 36.7 Å². The maximum atomic E-state index is 12.4. The van der Waals surface area contributed by atoms with Crippen LogP contribution in [0.3, 0.4) is 0 Å². The average molecular weight is 329 g/mol. The first-order valence-electron chi connectivity index (χ1n) is 5.10. The van der Waals surface area contributed by atoms with Crippen molar-refractivity contribution in [2.45, 2.75) is 0 Å². The lowest BCUT2D eigenvalue weighted by atomic mass is 10.2. The Morgan fingerprint density at radius 1 is 1.26 bits per heavy atom. The van der Waals surface area contributed by atoms with Gasteiger partial charge in [0.15, 0.2) is 11.5 Å². The third-order valence-electron chi connectivity index (χ3n) is 2.27. The van der Waals surface area contributed by atoms with Gasteiger partial charge in [-0.25, -0.2) is 0 Å². The van der Waals surface area contributed by atoms with Crippen molar-refractivity contribution in [1.29, 1.82) is 0 Å². The number of ether oxygens (including phenoxy) is 1. The molecule has 0 aliphatic rings. The molecule has 0 aliphatic carbocycles. The smallest absolute Gasteiger partial charge is 0.240 e. The van der Waals surface area contributed by atoms with E-state index in [9.17, 15) is 14.5 Å². The largest absolute Gasteiger partial charge is 0.452 e. The Bertz CT molecular complexity index is 621. The van der Waals surface area contributed by atoms with E-state index in [0.717, 1.165) is 4.73 Å². The van der Waals surface area contributed by atoms with Gasteiger partial charge in [-0.3, -0.25) is 14.9 Å². The maximum Gasteiger partial charge on any atom is 0.240 e. The monoisotopic (exact) mass is 328 g/mol. The van der Waals surface area contributed by atoms with Crippen molar-refractivity contribution in [2.24, 2.45) is 0 Å². The van der Waals surface area contributed by atoms with Gasteiger partial charge in [-0.05, 0) is 34.1 Å². The Hall–Kier alpha value is -2.15. The summed E-state index contributed by atoms with van der Waals surface area (Å²) in [7, 11) is 0. The molecule has 2 rings (SSSR count). The molecule has 0 spiro atoms. The number of aldehydes is 1. The molecule has 2 aromatic rings. The van der Waals surface area contributed by atoms with Crippen LogP contribution in [0.5, 0.6) is 17.2 Å². The lowest BCUT2D eigenvalue weighted by Crippen LogP contribution is -2.28. The number of hydrogen-bond acceptors (Lipinski definition) is 4. The first-order chi connectivity index (χ1) is 9.13. The van der Waals surface area contributed by atoms with Crippen LogP contribution in [0.1, 0.15) is 10.4 Å². The third-order valence-corrected chi connectivity index (χ3v) is 2.86. The molecule has 0 aliphatic heterocycles. The molecule has 5 nitrogen and oxygen atoms in total. The average Bonchev–Trinajstić information content (AvgIpc) is 2.41. The van der Waals surface area contributed by atoms with Crippen molar-refractivity contribution in [3.8, 4) is 17.2 Å². The molecular formula is C12H8BrFNO4+. The summed E-state index contributed by atoms with van der Waals surface area (Å²) in [5.74, 6) is 0.216. The first kappa shape index (κ1) is 13.3. The van der Waals surface area contributed by atoms with Gasteiger partial charge in [0, 0.05) is 14.8 Å². The molecule has 0 bridgehead atoms. The highest BCUT2D eigenvalue weighted by Gasteiger charge is 2.13. The summed E-state index contributed by atoms with van der Waals surface area (Å²) in [6.07, 6.45) is 3.28. The van der Waals surface area contributed by atoms with Crippen LogP contribution in [0.25, 0.3) is 0 Å². The predicted molar refractivity (Wildman–Crippen MR) is 65.2 cm³/mol. The standard InChI is InChI=1S/C12H8BrFNO4/c13-9-6-15(17)4-3-10(9)18-12-5-8(7-16)1-2-11(12)19-14/h1-7,17H/q+1. The molecule has 1 heterocycles. The Kier molecular flexibility index (Phi) is 3.96. The highest BCUT2D eigenvalue weighted by molar-refractivity contribution is 9.10. The minimum Gasteiger partial charge on any atom is -0.452 e. The number of nitrogens with zero attached hydrogens (tertiary/aromatic N) is 1. The van der Waals surface area contributed by atoms with Gasteiger partial charge in [0.05, 0.1) is 6.07 Å². The van der Waals surface area contributed by atoms with Crippen LogP contribution in [0.4, 0.5) is 4.53 Å². The van der Waals surface area contributed by atoms with Crippen molar-refractivity contribution < 1.29 is 28.9 Å². The van der Waals surface area contributed by atoms with Crippen molar-refractivity contribution in [3.63, 3.8) is 0 Å². The van der Waals surface area contributed by atoms with Crippen LogP contribution >= 0.6 is 15.9 Å². The van der Waals surface area contributed by atoms with E-state index in [2.05, 4.69) is 20.9 Å². The van der Waals surface area contributed by atoms with Crippen LogP contribution in [0.15, 0.2) is 41.1 Å². The number of carbonyl (C=O) groups is 1. The molecule has 19 heavy (non-hydrogen) atoms. The summed E-state index contributed by atoms with van der Waals surface area (Å²) < 4.78 is 19.1. The van der Waals surface area contributed by atoms with E-state index in [1.54, 1.807) is 0 Å². The summed E-state index contributed by atoms with van der Waals surface area (Å²) in [4.78, 5) is 14.4. The van der Waals surface area contributed by atoms with Gasteiger partial charge in [0.1, 0.15) is 10.8 Å². The number of hydrogen-bond donors (Lipinski definition) is 1. The summed E-state index contributed by atoms with van der Waals surface area (Å²) in [6.45, 7) is 0. The molecule has 1 N–H and O–H groups in total. The Morgan fingerprint density at radius 3 is 2.68 bits per heavy atom. The molecule has 0 fully saturated rings. The lowest BCUT2D eigenvalue weighted by Gasteiger charge is -2.08. The van der Waals surface area contributed by atoms with Crippen molar-refractivity contribution in [3.05, 3.63) is 46.7 Å². The van der Waals surface area contributed by atoms with E-state index in [-0.39, 0.29) is 11.5 Å². The second-order valence-electron chi connectivity index (χ2n) is 3.54. The molecule has 0 saturated carbocycles. The number of rotatable bonds is 4. The number of aromatic nitrogens is 1. The van der Waals surface area contributed by atoms with E-state index in [1.807, 2.05) is 0 Å². The van der Waals surface area contributed by atoms with E-state index in [4.69, 9.17) is 4.74 Å². The highest BCUT2D eigenvalue weighted by atomic mass is 79.9. The highest BCUT2D eigenvalue weighted by Crippen LogP contribution is 2.35. The fraction of sp³-hybridized carbons (Fsp3) is 0. The quantitative estimate of drug-likeness (QED) is 0.532. The van der Waals surface area contributed by atoms with E-state index >= 15 is 0 Å². The fourth-order valence-electron chi connectivity index (χ4n) is 1.39. The summed E-state index contributed by atoms with van der Waals surface area (Å²) in [5.41, 5.74) is 0.320. The molecule has 98 valence electrons. The van der Waals surface area contributed by atoms with Gasteiger partial charge < -0.3 is 4.74 Å². The second kappa shape index (κ2) is 5.66. The molecule has 0 unspecified atom stereocenters. The summed E-state index contributed by atoms with van der Waals surface area (Å²) in [6, 6.07) is 5.48. The van der Waals surface area contributed by atoms with Crippen molar-refractivity contribution in [2.75, 3.05) is 0 Å². The van der Waals surface area contributed by atoms with Gasteiger partial charge in [0.2, 0.25) is 18.1 Å². The zero-order valence-corrected chi connectivity index (χ0v) is 11.0. The Morgan fingerprint density at radius 2 is 2.05 bits per heavy atom. The predicted octanol–water partition coefficient (Wildman–Crippen LogP) is 2.84. The zero-order chi connectivity index (χ0) is 13.8. The Labute approximate surface area is 115 Å². The minimum absolute atomic E-state index is 0.0449. The van der Waals surface area contributed by atoms with E-state index in [0.29, 0.717) is 22.1 Å². The topological polar surface area (TPSA) is 59.6 Å².